The van der Waals surface area contributed by atoms with Crippen LogP contribution in [0.3, 0.4) is 0 Å². The highest BCUT2D eigenvalue weighted by atomic mass is 33.1. The molecule has 10 heteroatoms. The van der Waals surface area contributed by atoms with Gasteiger partial charge in [-0.3, -0.25) is 4.79 Å². The minimum atomic E-state index is -0.501. The van der Waals surface area contributed by atoms with Crippen LogP contribution in [-0.4, -0.2) is 61.6 Å². The van der Waals surface area contributed by atoms with Gasteiger partial charge < -0.3 is 24.8 Å². The fourth-order valence-electron chi connectivity index (χ4n) is 3.34. The van der Waals surface area contributed by atoms with E-state index in [-0.39, 0.29) is 11.4 Å². The Labute approximate surface area is 194 Å². The second-order valence-corrected chi connectivity index (χ2v) is 11.3. The molecule has 1 rings (SSSR count). The maximum absolute atomic E-state index is 12.0. The predicted octanol–water partition coefficient (Wildman–Crippen LogP) is 4.52. The molecule has 0 aliphatic heterocycles. The molecular weight excluding hydrogens is 440 g/mol. The van der Waals surface area contributed by atoms with Gasteiger partial charge in [0.25, 0.3) is 0 Å². The van der Waals surface area contributed by atoms with Gasteiger partial charge in [-0.2, -0.15) is 0 Å². The standard InChI is InChI=1S/C21H38N2O6S2/c1-5-27-17(24)15-21(9-7-6-8-10-21)16-23-18(25)28-12-14-31-30-13-11-22-19(26)29-20(2,3)4/h5-16H2,1-4H3,(H,22,26)(H,23,25). The Morgan fingerprint density at radius 1 is 0.935 bits per heavy atom. The van der Waals surface area contributed by atoms with Crippen molar-refractivity contribution >= 4 is 39.7 Å². The highest BCUT2D eigenvalue weighted by Crippen LogP contribution is 2.39. The number of alkyl carbamates (subject to hydrolysis) is 2. The maximum atomic E-state index is 12.0. The lowest BCUT2D eigenvalue weighted by Crippen LogP contribution is -2.41. The van der Waals surface area contributed by atoms with Crippen molar-refractivity contribution in [2.24, 2.45) is 5.41 Å². The van der Waals surface area contributed by atoms with E-state index < -0.39 is 17.8 Å². The van der Waals surface area contributed by atoms with Gasteiger partial charge in [-0.15, -0.1) is 0 Å². The Hall–Kier alpha value is -1.29. The van der Waals surface area contributed by atoms with Gasteiger partial charge in [-0.1, -0.05) is 40.9 Å². The van der Waals surface area contributed by atoms with Crippen molar-refractivity contribution in [3.05, 3.63) is 0 Å². The number of rotatable bonds is 12. The molecule has 0 aromatic carbocycles. The van der Waals surface area contributed by atoms with E-state index in [1.54, 1.807) is 28.5 Å². The summed E-state index contributed by atoms with van der Waals surface area (Å²) in [6, 6.07) is 0. The molecule has 0 spiro atoms. The molecule has 2 N–H and O–H groups in total. The lowest BCUT2D eigenvalue weighted by Gasteiger charge is -2.36. The Balaban J connectivity index is 2.14. The number of hydrogen-bond acceptors (Lipinski definition) is 8. The Kier molecular flexibility index (Phi) is 13.2. The van der Waals surface area contributed by atoms with Crippen molar-refractivity contribution in [2.45, 2.75) is 71.8 Å². The first-order chi connectivity index (χ1) is 14.7. The van der Waals surface area contributed by atoms with Gasteiger partial charge in [0, 0.05) is 24.6 Å². The van der Waals surface area contributed by atoms with Gasteiger partial charge in [-0.25, -0.2) is 9.59 Å². The maximum Gasteiger partial charge on any atom is 0.407 e. The van der Waals surface area contributed by atoms with Crippen LogP contribution < -0.4 is 10.6 Å². The molecule has 8 nitrogen and oxygen atoms in total. The molecule has 0 radical (unpaired) electrons. The van der Waals surface area contributed by atoms with Gasteiger partial charge in [0.15, 0.2) is 0 Å². The molecule has 0 heterocycles. The van der Waals surface area contributed by atoms with E-state index in [0.29, 0.717) is 38.5 Å². The van der Waals surface area contributed by atoms with Crippen molar-refractivity contribution in [2.75, 3.05) is 37.8 Å². The van der Waals surface area contributed by atoms with E-state index in [0.717, 1.165) is 37.9 Å². The minimum Gasteiger partial charge on any atom is -0.466 e. The first kappa shape index (κ1) is 27.7. The number of amides is 2. The molecule has 0 unspecified atom stereocenters. The van der Waals surface area contributed by atoms with Crippen LogP contribution in [0.4, 0.5) is 9.59 Å². The number of ether oxygens (including phenoxy) is 3. The molecule has 1 saturated carbocycles. The zero-order valence-electron chi connectivity index (χ0n) is 19.3. The fraction of sp³-hybridized carbons (Fsp3) is 0.857. The van der Waals surface area contributed by atoms with E-state index in [4.69, 9.17) is 14.2 Å². The summed E-state index contributed by atoms with van der Waals surface area (Å²) in [5.41, 5.74) is -0.728. The number of nitrogens with one attached hydrogen (secondary N) is 2. The van der Waals surface area contributed by atoms with Crippen molar-refractivity contribution in [1.29, 1.82) is 0 Å². The highest BCUT2D eigenvalue weighted by molar-refractivity contribution is 8.76. The third kappa shape index (κ3) is 13.7. The average molecular weight is 479 g/mol. The smallest absolute Gasteiger partial charge is 0.407 e. The summed E-state index contributed by atoms with van der Waals surface area (Å²) in [5, 5.41) is 5.53. The molecule has 0 aromatic rings. The van der Waals surface area contributed by atoms with Crippen molar-refractivity contribution < 1.29 is 28.6 Å². The zero-order valence-corrected chi connectivity index (χ0v) is 20.9. The zero-order chi connectivity index (χ0) is 23.2. The second-order valence-electron chi connectivity index (χ2n) is 8.60. The molecule has 0 aromatic heterocycles. The van der Waals surface area contributed by atoms with Crippen LogP contribution in [0.15, 0.2) is 0 Å². The van der Waals surface area contributed by atoms with Crippen molar-refractivity contribution in [3.8, 4) is 0 Å². The Morgan fingerprint density at radius 2 is 1.61 bits per heavy atom. The molecule has 0 bridgehead atoms. The largest absolute Gasteiger partial charge is 0.466 e. The van der Waals surface area contributed by atoms with Gasteiger partial charge in [0.2, 0.25) is 0 Å². The molecule has 180 valence electrons. The van der Waals surface area contributed by atoms with E-state index in [2.05, 4.69) is 10.6 Å². The van der Waals surface area contributed by atoms with Crippen LogP contribution in [0.25, 0.3) is 0 Å². The average Bonchev–Trinajstić information content (AvgIpc) is 2.68. The quantitative estimate of drug-likeness (QED) is 0.183. The third-order valence-corrected chi connectivity index (χ3v) is 7.05. The van der Waals surface area contributed by atoms with Gasteiger partial charge in [0.1, 0.15) is 12.2 Å². The summed E-state index contributed by atoms with van der Waals surface area (Å²) in [6.45, 7) is 8.88. The van der Waals surface area contributed by atoms with Gasteiger partial charge in [0.05, 0.1) is 13.0 Å². The molecule has 1 fully saturated rings. The van der Waals surface area contributed by atoms with E-state index in [1.165, 1.54) is 0 Å². The highest BCUT2D eigenvalue weighted by Gasteiger charge is 2.35. The Morgan fingerprint density at radius 3 is 2.26 bits per heavy atom. The number of carbonyl (C=O) groups is 3. The number of carbonyl (C=O) groups excluding carboxylic acids is 3. The summed E-state index contributed by atoms with van der Waals surface area (Å²) in [4.78, 5) is 35.5. The van der Waals surface area contributed by atoms with Crippen LogP contribution in [0.2, 0.25) is 0 Å². The molecule has 2 amide bonds. The van der Waals surface area contributed by atoms with E-state index in [1.807, 2.05) is 20.8 Å². The van der Waals surface area contributed by atoms with Gasteiger partial charge >= 0.3 is 18.2 Å². The number of hydrogen-bond donors (Lipinski definition) is 2. The lowest BCUT2D eigenvalue weighted by atomic mass is 9.72. The van der Waals surface area contributed by atoms with Crippen molar-refractivity contribution in [1.82, 2.24) is 10.6 Å². The van der Waals surface area contributed by atoms with Crippen LogP contribution in [-0.2, 0) is 19.0 Å². The summed E-state index contributed by atoms with van der Waals surface area (Å²) in [5.74, 6) is 1.18. The molecular formula is C21H38N2O6S2. The van der Waals surface area contributed by atoms with E-state index in [9.17, 15) is 14.4 Å². The molecule has 1 aliphatic carbocycles. The topological polar surface area (TPSA) is 103 Å². The predicted molar refractivity (Wildman–Crippen MR) is 125 cm³/mol. The van der Waals surface area contributed by atoms with Crippen LogP contribution in [0.1, 0.15) is 66.2 Å². The summed E-state index contributed by atoms with van der Waals surface area (Å²) in [6.07, 6.45) is 4.58. The Bertz CT molecular complexity index is 563. The summed E-state index contributed by atoms with van der Waals surface area (Å²) < 4.78 is 15.5. The van der Waals surface area contributed by atoms with Crippen LogP contribution in [0.5, 0.6) is 0 Å². The monoisotopic (exact) mass is 478 g/mol. The van der Waals surface area contributed by atoms with Crippen LogP contribution in [0, 0.1) is 5.41 Å². The molecule has 1 aliphatic rings. The van der Waals surface area contributed by atoms with Crippen LogP contribution >= 0.6 is 21.6 Å². The first-order valence-corrected chi connectivity index (χ1v) is 13.4. The lowest BCUT2D eigenvalue weighted by molar-refractivity contribution is -0.146. The van der Waals surface area contributed by atoms with E-state index >= 15 is 0 Å². The summed E-state index contributed by atoms with van der Waals surface area (Å²) >= 11 is 0. The molecule has 31 heavy (non-hydrogen) atoms. The SMILES string of the molecule is CCOC(=O)CC1(CNC(=O)OCCSSCCNC(=O)OC(C)(C)C)CCCCC1. The first-order valence-electron chi connectivity index (χ1n) is 10.9. The van der Waals surface area contributed by atoms with Gasteiger partial charge in [-0.05, 0) is 46.0 Å². The van der Waals surface area contributed by atoms with Crippen molar-refractivity contribution in [3.63, 3.8) is 0 Å². The molecule has 0 saturated heterocycles. The molecule has 0 atom stereocenters. The normalized spacial score (nSPS) is 15.6. The fourth-order valence-corrected chi connectivity index (χ4v) is 5.08. The summed E-state index contributed by atoms with van der Waals surface area (Å²) in [7, 11) is 3.17. The third-order valence-electron chi connectivity index (χ3n) is 4.68. The minimum absolute atomic E-state index is 0.200. The number of esters is 1. The second kappa shape index (κ2) is 14.7.